The molecule has 2 nitrogen and oxygen atoms in total. The minimum absolute atomic E-state index is 0.0172. The first-order valence-corrected chi connectivity index (χ1v) is 6.33. The van der Waals surface area contributed by atoms with E-state index in [0.717, 1.165) is 19.3 Å². The Morgan fingerprint density at radius 3 is 2.81 bits per heavy atom. The molecule has 0 saturated heterocycles. The fourth-order valence-electron chi connectivity index (χ4n) is 2.23. The van der Waals surface area contributed by atoms with Crippen molar-refractivity contribution in [2.75, 3.05) is 6.61 Å². The molecule has 0 aliphatic heterocycles. The second kappa shape index (κ2) is 5.51. The van der Waals surface area contributed by atoms with Crippen molar-refractivity contribution in [1.82, 2.24) is 0 Å². The number of carbonyl (C=O) groups is 1. The number of esters is 1. The van der Waals surface area contributed by atoms with Gasteiger partial charge in [-0.1, -0.05) is 38.8 Å². The van der Waals surface area contributed by atoms with Gasteiger partial charge in [-0.25, -0.2) is 0 Å². The molecule has 0 amide bonds. The zero-order valence-electron chi connectivity index (χ0n) is 11.0. The molecule has 2 heteroatoms. The molecule has 1 aliphatic rings. The average molecular weight is 224 g/mol. The van der Waals surface area contributed by atoms with Crippen LogP contribution in [0.25, 0.3) is 0 Å². The molecule has 0 aromatic rings. The van der Waals surface area contributed by atoms with Gasteiger partial charge in [-0.2, -0.15) is 0 Å². The quantitative estimate of drug-likeness (QED) is 0.404. The van der Waals surface area contributed by atoms with Crippen molar-refractivity contribution < 1.29 is 9.53 Å². The molecule has 1 aliphatic carbocycles. The zero-order valence-corrected chi connectivity index (χ0v) is 11.0. The maximum atomic E-state index is 11.7. The van der Waals surface area contributed by atoms with Crippen molar-refractivity contribution in [1.29, 1.82) is 0 Å². The predicted octanol–water partition coefficient (Wildman–Crippen LogP) is 3.71. The van der Waals surface area contributed by atoms with Gasteiger partial charge in [-0.3, -0.25) is 4.79 Å². The van der Waals surface area contributed by atoms with Gasteiger partial charge in [0.15, 0.2) is 0 Å². The molecule has 0 radical (unpaired) electrons. The molecule has 0 aromatic carbocycles. The first kappa shape index (κ1) is 13.3. The highest BCUT2D eigenvalue weighted by Crippen LogP contribution is 2.45. The highest BCUT2D eigenvalue weighted by Gasteiger charge is 2.38. The van der Waals surface area contributed by atoms with Crippen LogP contribution in [0.2, 0.25) is 0 Å². The summed E-state index contributed by atoms with van der Waals surface area (Å²) >= 11 is 0. The smallest absolute Gasteiger partial charge is 0.306 e. The Morgan fingerprint density at radius 2 is 2.31 bits per heavy atom. The number of hydrogen-bond donors (Lipinski definition) is 0. The molecule has 2 unspecified atom stereocenters. The third-order valence-electron chi connectivity index (χ3n) is 4.04. The van der Waals surface area contributed by atoms with Crippen LogP contribution in [0.5, 0.6) is 0 Å². The van der Waals surface area contributed by atoms with Crippen molar-refractivity contribution in [2.45, 2.75) is 53.4 Å². The van der Waals surface area contributed by atoms with Gasteiger partial charge in [0, 0.05) is 5.41 Å². The molecule has 0 spiro atoms. The van der Waals surface area contributed by atoms with Gasteiger partial charge in [0.25, 0.3) is 0 Å². The first-order valence-electron chi connectivity index (χ1n) is 6.33. The fraction of sp³-hybridized carbons (Fsp3) is 0.786. The van der Waals surface area contributed by atoms with Gasteiger partial charge in [0.1, 0.15) is 0 Å². The summed E-state index contributed by atoms with van der Waals surface area (Å²) in [5, 5.41) is 0. The van der Waals surface area contributed by atoms with Crippen LogP contribution in [0.1, 0.15) is 53.4 Å². The van der Waals surface area contributed by atoms with Crippen molar-refractivity contribution >= 4 is 5.97 Å². The van der Waals surface area contributed by atoms with Crippen LogP contribution in [0.3, 0.4) is 0 Å². The Hall–Kier alpha value is -0.790. The second-order valence-corrected chi connectivity index (χ2v) is 5.19. The molecule has 0 aromatic heterocycles. The number of rotatable bonds is 5. The molecule has 0 fully saturated rings. The van der Waals surface area contributed by atoms with Crippen LogP contribution in [-0.2, 0) is 9.53 Å². The topological polar surface area (TPSA) is 26.3 Å². The summed E-state index contributed by atoms with van der Waals surface area (Å²) in [6.45, 7) is 9.19. The summed E-state index contributed by atoms with van der Waals surface area (Å²) in [4.78, 5) is 11.7. The molecule has 2 atom stereocenters. The normalized spacial score (nSPS) is 29.0. The lowest BCUT2D eigenvalue weighted by atomic mass is 9.74. The monoisotopic (exact) mass is 224 g/mol. The third-order valence-corrected chi connectivity index (χ3v) is 4.04. The van der Waals surface area contributed by atoms with E-state index in [9.17, 15) is 4.79 Å². The van der Waals surface area contributed by atoms with E-state index in [1.165, 1.54) is 5.57 Å². The van der Waals surface area contributed by atoms with Crippen LogP contribution < -0.4 is 0 Å². The van der Waals surface area contributed by atoms with E-state index in [1.807, 2.05) is 0 Å². The van der Waals surface area contributed by atoms with E-state index in [2.05, 4.69) is 33.8 Å². The third kappa shape index (κ3) is 2.87. The minimum atomic E-state index is -0.0440. The molecule has 92 valence electrons. The summed E-state index contributed by atoms with van der Waals surface area (Å²) in [5.74, 6) is 0.503. The second-order valence-electron chi connectivity index (χ2n) is 5.19. The maximum Gasteiger partial charge on any atom is 0.306 e. The molecule has 1 rings (SSSR count). The molecule has 0 bridgehead atoms. The molecule has 16 heavy (non-hydrogen) atoms. The van der Waals surface area contributed by atoms with Crippen LogP contribution in [0.4, 0.5) is 0 Å². The summed E-state index contributed by atoms with van der Waals surface area (Å²) in [5.41, 5.74) is 1.36. The van der Waals surface area contributed by atoms with Crippen molar-refractivity contribution in [3.05, 3.63) is 11.6 Å². The molecular formula is C14H24O2. The first-order chi connectivity index (χ1) is 7.50. The van der Waals surface area contributed by atoms with Crippen molar-refractivity contribution in [2.24, 2.45) is 11.3 Å². The number of ether oxygens (including phenoxy) is 1. The molecule has 0 heterocycles. The van der Waals surface area contributed by atoms with Gasteiger partial charge >= 0.3 is 5.97 Å². The van der Waals surface area contributed by atoms with E-state index in [1.54, 1.807) is 0 Å². The summed E-state index contributed by atoms with van der Waals surface area (Å²) in [6, 6.07) is 0. The fourth-order valence-corrected chi connectivity index (χ4v) is 2.23. The summed E-state index contributed by atoms with van der Waals surface area (Å²) in [6.07, 6.45) is 5.90. The van der Waals surface area contributed by atoms with Gasteiger partial charge in [-0.15, -0.1) is 0 Å². The highest BCUT2D eigenvalue weighted by atomic mass is 16.5. The Morgan fingerprint density at radius 1 is 1.62 bits per heavy atom. The SMILES string of the molecule is CCCCOC(=O)CC1(C)C(C)=CCC1C. The van der Waals surface area contributed by atoms with E-state index in [4.69, 9.17) is 4.74 Å². The lowest BCUT2D eigenvalue weighted by Crippen LogP contribution is -2.27. The summed E-state index contributed by atoms with van der Waals surface area (Å²) in [7, 11) is 0. The highest BCUT2D eigenvalue weighted by molar-refractivity contribution is 5.71. The average Bonchev–Trinajstić information content (AvgIpc) is 2.47. The van der Waals surface area contributed by atoms with Gasteiger partial charge in [0.05, 0.1) is 13.0 Å². The lowest BCUT2D eigenvalue weighted by Gasteiger charge is -2.30. The minimum Gasteiger partial charge on any atom is -0.466 e. The van der Waals surface area contributed by atoms with Crippen molar-refractivity contribution in [3.8, 4) is 0 Å². The molecular weight excluding hydrogens is 200 g/mol. The Bertz CT molecular complexity index is 280. The number of carbonyl (C=O) groups excluding carboxylic acids is 1. The van der Waals surface area contributed by atoms with Gasteiger partial charge in [-0.05, 0) is 25.7 Å². The standard InChI is InChI=1S/C14H24O2/c1-5-6-9-16-13(15)10-14(4)11(2)7-8-12(14)3/h7,12H,5-6,8-10H2,1-4H3. The van der Waals surface area contributed by atoms with E-state index in [-0.39, 0.29) is 11.4 Å². The Labute approximate surface area is 99.1 Å². The number of hydrogen-bond acceptors (Lipinski definition) is 2. The Kier molecular flexibility index (Phi) is 4.57. The summed E-state index contributed by atoms with van der Waals surface area (Å²) < 4.78 is 5.24. The number of allylic oxidation sites excluding steroid dienone is 2. The van der Waals surface area contributed by atoms with E-state index < -0.39 is 0 Å². The van der Waals surface area contributed by atoms with Gasteiger partial charge < -0.3 is 4.74 Å². The molecule has 0 N–H and O–H groups in total. The lowest BCUT2D eigenvalue weighted by molar-refractivity contribution is -0.146. The van der Waals surface area contributed by atoms with Gasteiger partial charge in [0.2, 0.25) is 0 Å². The maximum absolute atomic E-state index is 11.7. The van der Waals surface area contributed by atoms with Crippen LogP contribution in [-0.4, -0.2) is 12.6 Å². The Balaban J connectivity index is 2.46. The van der Waals surface area contributed by atoms with Crippen LogP contribution in [0, 0.1) is 11.3 Å². The van der Waals surface area contributed by atoms with E-state index in [0.29, 0.717) is 18.9 Å². The largest absolute Gasteiger partial charge is 0.466 e. The van der Waals surface area contributed by atoms with Crippen LogP contribution in [0.15, 0.2) is 11.6 Å². The number of unbranched alkanes of at least 4 members (excludes halogenated alkanes) is 1. The van der Waals surface area contributed by atoms with Crippen LogP contribution >= 0.6 is 0 Å². The van der Waals surface area contributed by atoms with E-state index >= 15 is 0 Å². The predicted molar refractivity (Wildman–Crippen MR) is 66.1 cm³/mol. The molecule has 0 saturated carbocycles. The zero-order chi connectivity index (χ0) is 12.2. The van der Waals surface area contributed by atoms with Crippen molar-refractivity contribution in [3.63, 3.8) is 0 Å².